The summed E-state index contributed by atoms with van der Waals surface area (Å²) in [5, 5.41) is 13.0. The summed E-state index contributed by atoms with van der Waals surface area (Å²) < 4.78 is 11.9. The molecular formula is C25H34N2O6. The molecule has 0 saturated carbocycles. The van der Waals surface area contributed by atoms with Crippen molar-refractivity contribution < 1.29 is 29.0 Å². The maximum atomic E-state index is 13.8. The van der Waals surface area contributed by atoms with Crippen LogP contribution in [0.1, 0.15) is 46.1 Å². The zero-order valence-electron chi connectivity index (χ0n) is 19.7. The topological polar surface area (TPSA) is 105 Å². The molecule has 1 aromatic carbocycles. The molecule has 3 unspecified atom stereocenters. The fourth-order valence-electron chi connectivity index (χ4n) is 6.26. The number of nitrogens with one attached hydrogen (secondary N) is 1. The van der Waals surface area contributed by atoms with Crippen molar-refractivity contribution in [1.82, 2.24) is 10.2 Å². The molecule has 0 aromatic heterocycles. The van der Waals surface area contributed by atoms with Crippen LogP contribution in [0.2, 0.25) is 0 Å². The zero-order valence-corrected chi connectivity index (χ0v) is 19.7. The maximum Gasteiger partial charge on any atom is 0.312 e. The Morgan fingerprint density at radius 3 is 2.61 bits per heavy atom. The van der Waals surface area contributed by atoms with Gasteiger partial charge in [-0.1, -0.05) is 44.2 Å². The number of rotatable bonds is 8. The number of aliphatic hydroxyl groups is 1. The van der Waals surface area contributed by atoms with Gasteiger partial charge in [0.15, 0.2) is 0 Å². The Hall–Kier alpha value is -2.45. The number of likely N-dealkylation sites (tertiary alicyclic amines) is 1. The van der Waals surface area contributed by atoms with Crippen LogP contribution in [0.15, 0.2) is 30.3 Å². The van der Waals surface area contributed by atoms with Gasteiger partial charge in [0.1, 0.15) is 17.6 Å². The highest BCUT2D eigenvalue weighted by Crippen LogP contribution is 2.65. The fourth-order valence-corrected chi connectivity index (χ4v) is 6.26. The lowest BCUT2D eigenvalue weighted by atomic mass is 9.62. The summed E-state index contributed by atoms with van der Waals surface area (Å²) in [5.41, 5.74) is -1.09. The lowest BCUT2D eigenvalue weighted by Crippen LogP contribution is -2.58. The van der Waals surface area contributed by atoms with Gasteiger partial charge in [-0.25, -0.2) is 0 Å². The van der Waals surface area contributed by atoms with Crippen LogP contribution in [0, 0.1) is 17.8 Å². The second-order valence-corrected chi connectivity index (χ2v) is 9.65. The molecule has 0 aliphatic carbocycles. The van der Waals surface area contributed by atoms with Gasteiger partial charge in [-0.2, -0.15) is 0 Å². The molecule has 3 heterocycles. The number of aliphatic hydroxyl groups excluding tert-OH is 1. The van der Waals surface area contributed by atoms with Crippen molar-refractivity contribution in [2.24, 2.45) is 17.8 Å². The van der Waals surface area contributed by atoms with Crippen LogP contribution < -0.4 is 5.32 Å². The molecule has 3 aliphatic rings. The maximum absolute atomic E-state index is 13.8. The van der Waals surface area contributed by atoms with Crippen LogP contribution in [0.3, 0.4) is 0 Å². The number of nitrogens with zero attached hydrogens (tertiary/aromatic N) is 1. The Bertz CT molecular complexity index is 919. The first-order chi connectivity index (χ1) is 15.7. The van der Waals surface area contributed by atoms with E-state index < -0.39 is 41.1 Å². The number of carbonyl (C=O) groups is 3. The van der Waals surface area contributed by atoms with Crippen LogP contribution in [-0.4, -0.2) is 64.3 Å². The van der Waals surface area contributed by atoms with Crippen LogP contribution in [-0.2, 0) is 30.4 Å². The van der Waals surface area contributed by atoms with Crippen molar-refractivity contribution in [1.29, 1.82) is 0 Å². The summed E-state index contributed by atoms with van der Waals surface area (Å²) in [6.45, 7) is 7.68. The van der Waals surface area contributed by atoms with Crippen molar-refractivity contribution in [3.05, 3.63) is 35.9 Å². The van der Waals surface area contributed by atoms with E-state index in [4.69, 9.17) is 9.47 Å². The number of fused-ring (bicyclic) bond motifs is 1. The minimum Gasteiger partial charge on any atom is -0.466 e. The number of carbonyl (C=O) groups excluding carboxylic acids is 3. The van der Waals surface area contributed by atoms with Gasteiger partial charge < -0.3 is 24.8 Å². The summed E-state index contributed by atoms with van der Waals surface area (Å²) in [6, 6.07) is 8.06. The van der Waals surface area contributed by atoms with E-state index >= 15 is 0 Å². The average Bonchev–Trinajstić information content (AvgIpc) is 3.31. The number of amides is 2. The standard InChI is InChI=1S/C25H34N2O6/c1-5-17(14-28)27-20(21(29)26-13-16-10-8-7-9-11-16)25-12-15(3)24(4,33-25)19(18(25)22(27)30)23(31)32-6-2/h7-11,15,17-20,28H,5-6,12-14H2,1-4H3,(H,26,29)/t15?,17-,18-,19+,20?,24-,25?/m0/s1. The third kappa shape index (κ3) is 3.46. The molecule has 2 amide bonds. The SMILES string of the molecule is CCOC(=O)[C@H]1[C@H]2C(=O)N([C@@H](CC)CO)C(C(=O)NCc3ccccc3)C23CC(C)[C@]1(C)O3. The molecule has 8 nitrogen and oxygen atoms in total. The van der Waals surface area contributed by atoms with Gasteiger partial charge in [0.2, 0.25) is 11.8 Å². The first-order valence-corrected chi connectivity index (χ1v) is 11.9. The predicted molar refractivity (Wildman–Crippen MR) is 120 cm³/mol. The molecule has 1 spiro atoms. The van der Waals surface area contributed by atoms with E-state index in [2.05, 4.69) is 5.32 Å². The molecule has 8 heteroatoms. The Kier molecular flexibility index (Phi) is 6.26. The number of benzene rings is 1. The highest BCUT2D eigenvalue weighted by Gasteiger charge is 2.80. The van der Waals surface area contributed by atoms with Crippen molar-refractivity contribution in [3.8, 4) is 0 Å². The minimum atomic E-state index is -1.13. The summed E-state index contributed by atoms with van der Waals surface area (Å²) in [7, 11) is 0. The monoisotopic (exact) mass is 458 g/mol. The Morgan fingerprint density at radius 1 is 1.30 bits per heavy atom. The molecule has 0 radical (unpaired) electrons. The molecule has 2 bridgehead atoms. The quantitative estimate of drug-likeness (QED) is 0.574. The number of hydrogen-bond acceptors (Lipinski definition) is 6. The molecule has 33 heavy (non-hydrogen) atoms. The van der Waals surface area contributed by atoms with Gasteiger partial charge in [-0.15, -0.1) is 0 Å². The normalized spacial score (nSPS) is 35.4. The molecule has 3 aliphatic heterocycles. The summed E-state index contributed by atoms with van der Waals surface area (Å²) >= 11 is 0. The van der Waals surface area contributed by atoms with Gasteiger partial charge in [0.05, 0.1) is 30.8 Å². The summed E-state index contributed by atoms with van der Waals surface area (Å²) in [6.07, 6.45) is 0.960. The molecule has 180 valence electrons. The lowest BCUT2D eigenvalue weighted by molar-refractivity contribution is -0.162. The van der Waals surface area contributed by atoms with Gasteiger partial charge in [-0.3, -0.25) is 14.4 Å². The Morgan fingerprint density at radius 2 is 2.00 bits per heavy atom. The summed E-state index contributed by atoms with van der Waals surface area (Å²) in [4.78, 5) is 42.0. The van der Waals surface area contributed by atoms with Crippen LogP contribution in [0.4, 0.5) is 0 Å². The Balaban J connectivity index is 1.74. The van der Waals surface area contributed by atoms with E-state index in [1.54, 1.807) is 6.92 Å². The van der Waals surface area contributed by atoms with Gasteiger partial charge in [0, 0.05) is 6.54 Å². The van der Waals surface area contributed by atoms with Crippen LogP contribution in [0.25, 0.3) is 0 Å². The predicted octanol–water partition coefficient (Wildman–Crippen LogP) is 1.65. The molecule has 1 aromatic rings. The number of ether oxygens (including phenoxy) is 2. The lowest BCUT2D eigenvalue weighted by Gasteiger charge is -2.36. The largest absolute Gasteiger partial charge is 0.466 e. The number of esters is 1. The van der Waals surface area contributed by atoms with E-state index in [0.29, 0.717) is 19.4 Å². The van der Waals surface area contributed by atoms with Crippen LogP contribution in [0.5, 0.6) is 0 Å². The van der Waals surface area contributed by atoms with E-state index in [-0.39, 0.29) is 30.9 Å². The molecule has 2 N–H and O–H groups in total. The highest BCUT2D eigenvalue weighted by atomic mass is 16.6. The zero-order chi connectivity index (χ0) is 24.0. The smallest absolute Gasteiger partial charge is 0.312 e. The first kappa shape index (κ1) is 23.7. The third-order valence-corrected chi connectivity index (χ3v) is 7.93. The molecule has 3 saturated heterocycles. The molecule has 3 fully saturated rings. The van der Waals surface area contributed by atoms with E-state index in [1.165, 1.54) is 4.90 Å². The number of hydrogen-bond donors (Lipinski definition) is 2. The second kappa shape index (κ2) is 8.72. The molecular weight excluding hydrogens is 424 g/mol. The second-order valence-electron chi connectivity index (χ2n) is 9.65. The van der Waals surface area contributed by atoms with Gasteiger partial charge in [0.25, 0.3) is 0 Å². The van der Waals surface area contributed by atoms with Gasteiger partial charge in [-0.05, 0) is 38.2 Å². The molecule has 4 rings (SSSR count). The highest BCUT2D eigenvalue weighted by molar-refractivity contribution is 5.98. The van der Waals surface area contributed by atoms with E-state index in [1.807, 2.05) is 51.1 Å². The fraction of sp³-hybridized carbons (Fsp3) is 0.640. The minimum absolute atomic E-state index is 0.0467. The van der Waals surface area contributed by atoms with Crippen molar-refractivity contribution in [2.75, 3.05) is 13.2 Å². The third-order valence-electron chi connectivity index (χ3n) is 7.93. The van der Waals surface area contributed by atoms with Crippen molar-refractivity contribution in [2.45, 2.75) is 70.4 Å². The van der Waals surface area contributed by atoms with Crippen molar-refractivity contribution in [3.63, 3.8) is 0 Å². The average molecular weight is 459 g/mol. The Labute approximate surface area is 194 Å². The van der Waals surface area contributed by atoms with Gasteiger partial charge >= 0.3 is 5.97 Å². The van der Waals surface area contributed by atoms with E-state index in [0.717, 1.165) is 5.56 Å². The van der Waals surface area contributed by atoms with Crippen LogP contribution >= 0.6 is 0 Å². The van der Waals surface area contributed by atoms with E-state index in [9.17, 15) is 19.5 Å². The summed E-state index contributed by atoms with van der Waals surface area (Å²) in [5.74, 6) is -2.76. The first-order valence-electron chi connectivity index (χ1n) is 11.9. The van der Waals surface area contributed by atoms with Crippen molar-refractivity contribution >= 4 is 17.8 Å². The molecule has 7 atom stereocenters.